The number of rotatable bonds is 0. The molecule has 0 bridgehead atoms. The Hall–Kier alpha value is -1.26. The molecular formula is C9H16N2O3. The summed E-state index contributed by atoms with van der Waals surface area (Å²) >= 11 is 0. The molecule has 80 valence electrons. The highest BCUT2D eigenvalue weighted by Gasteiger charge is 2.27. The van der Waals surface area contributed by atoms with E-state index in [1.54, 1.807) is 0 Å². The van der Waals surface area contributed by atoms with Crippen LogP contribution in [0.25, 0.3) is 0 Å². The van der Waals surface area contributed by atoms with Gasteiger partial charge in [-0.2, -0.15) is 0 Å². The largest absolute Gasteiger partial charge is 0.444 e. The molecule has 0 aromatic carbocycles. The molecule has 1 aliphatic rings. The number of likely N-dealkylation sites (tertiary alicyclic amines) is 1. The minimum Gasteiger partial charge on any atom is -0.444 e. The van der Waals surface area contributed by atoms with Crippen molar-refractivity contribution in [2.45, 2.75) is 32.8 Å². The molecule has 1 fully saturated rings. The Balaban J connectivity index is 2.48. The van der Waals surface area contributed by atoms with Gasteiger partial charge in [-0.05, 0) is 20.8 Å². The molecule has 1 N–H and O–H groups in total. The van der Waals surface area contributed by atoms with Crippen LogP contribution in [0.2, 0.25) is 0 Å². The number of carbonyl (C=O) groups is 1. The summed E-state index contributed by atoms with van der Waals surface area (Å²) in [5.41, 5.74) is 0.145. The van der Waals surface area contributed by atoms with Crippen LogP contribution in [0.3, 0.4) is 0 Å². The van der Waals surface area contributed by atoms with E-state index in [4.69, 9.17) is 9.94 Å². The predicted octanol–water partition coefficient (Wildman–Crippen LogP) is 1.46. The highest BCUT2D eigenvalue weighted by atomic mass is 16.6. The first kappa shape index (κ1) is 10.8. The second-order valence-electron chi connectivity index (χ2n) is 4.32. The standard InChI is InChI=1S/C9H16N2O3/c1-9(2,3)14-8(12)11-5-4-7(6-11)10-13/h13H,4-6H2,1-3H3. The number of carbonyl (C=O) groups excluding carboxylic acids is 1. The molecule has 0 radical (unpaired) electrons. The van der Waals surface area contributed by atoms with E-state index in [9.17, 15) is 4.79 Å². The lowest BCUT2D eigenvalue weighted by Crippen LogP contribution is -2.35. The number of hydrogen-bond donors (Lipinski definition) is 1. The van der Waals surface area contributed by atoms with E-state index in [2.05, 4.69) is 5.16 Å². The van der Waals surface area contributed by atoms with E-state index in [1.165, 1.54) is 4.90 Å². The fourth-order valence-corrected chi connectivity index (χ4v) is 1.21. The average molecular weight is 200 g/mol. The molecule has 1 amide bonds. The average Bonchev–Trinajstić information content (AvgIpc) is 2.48. The van der Waals surface area contributed by atoms with Crippen molar-refractivity contribution < 1.29 is 14.7 Å². The van der Waals surface area contributed by atoms with E-state index >= 15 is 0 Å². The van der Waals surface area contributed by atoms with Crippen molar-refractivity contribution in [3.63, 3.8) is 0 Å². The van der Waals surface area contributed by atoms with Crippen LogP contribution in [0.4, 0.5) is 4.79 Å². The maximum Gasteiger partial charge on any atom is 0.410 e. The van der Waals surface area contributed by atoms with Gasteiger partial charge in [0.05, 0.1) is 12.3 Å². The highest BCUT2D eigenvalue weighted by molar-refractivity contribution is 5.91. The molecule has 0 saturated carbocycles. The second kappa shape index (κ2) is 3.86. The van der Waals surface area contributed by atoms with Gasteiger partial charge in [0.25, 0.3) is 0 Å². The number of hydrogen-bond acceptors (Lipinski definition) is 4. The topological polar surface area (TPSA) is 62.1 Å². The molecule has 14 heavy (non-hydrogen) atoms. The zero-order valence-corrected chi connectivity index (χ0v) is 8.78. The molecule has 1 saturated heterocycles. The molecule has 0 aromatic rings. The van der Waals surface area contributed by atoms with Crippen LogP contribution in [-0.4, -0.2) is 40.6 Å². The van der Waals surface area contributed by atoms with Crippen molar-refractivity contribution in [1.82, 2.24) is 4.90 Å². The third-order valence-electron chi connectivity index (χ3n) is 1.84. The molecule has 0 aromatic heterocycles. The third-order valence-corrected chi connectivity index (χ3v) is 1.84. The van der Waals surface area contributed by atoms with Gasteiger partial charge in [-0.25, -0.2) is 4.79 Å². The van der Waals surface area contributed by atoms with E-state index in [1.807, 2.05) is 20.8 Å². The molecule has 1 rings (SSSR count). The van der Waals surface area contributed by atoms with Gasteiger partial charge in [-0.3, -0.25) is 0 Å². The number of amides is 1. The van der Waals surface area contributed by atoms with E-state index in [0.717, 1.165) is 0 Å². The summed E-state index contributed by atoms with van der Waals surface area (Å²) in [5, 5.41) is 11.6. The van der Waals surface area contributed by atoms with Crippen LogP contribution < -0.4 is 0 Å². The summed E-state index contributed by atoms with van der Waals surface area (Å²) in [4.78, 5) is 13.0. The predicted molar refractivity (Wildman–Crippen MR) is 51.6 cm³/mol. The SMILES string of the molecule is CC(C)(C)OC(=O)N1CCC(=NO)C1. The summed E-state index contributed by atoms with van der Waals surface area (Å²) in [7, 11) is 0. The van der Waals surface area contributed by atoms with Gasteiger partial charge >= 0.3 is 6.09 Å². The summed E-state index contributed by atoms with van der Waals surface area (Å²) in [5.74, 6) is 0. The third kappa shape index (κ3) is 2.90. The minimum absolute atomic E-state index is 0.351. The molecule has 0 aliphatic carbocycles. The Morgan fingerprint density at radius 2 is 2.21 bits per heavy atom. The molecule has 5 heteroatoms. The Morgan fingerprint density at radius 3 is 2.64 bits per heavy atom. The summed E-state index contributed by atoms with van der Waals surface area (Å²) < 4.78 is 5.16. The minimum atomic E-state index is -0.476. The van der Waals surface area contributed by atoms with Crippen molar-refractivity contribution in [1.29, 1.82) is 0 Å². The van der Waals surface area contributed by atoms with Gasteiger partial charge in [0.2, 0.25) is 0 Å². The van der Waals surface area contributed by atoms with Crippen LogP contribution >= 0.6 is 0 Å². The molecule has 1 heterocycles. The van der Waals surface area contributed by atoms with Crippen molar-refractivity contribution in [3.05, 3.63) is 0 Å². The molecule has 1 aliphatic heterocycles. The van der Waals surface area contributed by atoms with Crippen molar-refractivity contribution in [2.24, 2.45) is 5.16 Å². The quantitative estimate of drug-likeness (QED) is 0.475. The lowest BCUT2D eigenvalue weighted by Gasteiger charge is -2.23. The second-order valence-corrected chi connectivity index (χ2v) is 4.32. The molecule has 0 spiro atoms. The van der Waals surface area contributed by atoms with Gasteiger partial charge in [-0.1, -0.05) is 5.16 Å². The van der Waals surface area contributed by atoms with E-state index in [-0.39, 0.29) is 6.09 Å². The van der Waals surface area contributed by atoms with Crippen LogP contribution in [0, 0.1) is 0 Å². The van der Waals surface area contributed by atoms with Crippen LogP contribution in [0.5, 0.6) is 0 Å². The van der Waals surface area contributed by atoms with Crippen molar-refractivity contribution >= 4 is 11.8 Å². The van der Waals surface area contributed by atoms with Crippen molar-refractivity contribution in [3.8, 4) is 0 Å². The van der Waals surface area contributed by atoms with Gasteiger partial charge < -0.3 is 14.8 Å². The van der Waals surface area contributed by atoms with Gasteiger partial charge in [0, 0.05) is 13.0 Å². The lowest BCUT2D eigenvalue weighted by molar-refractivity contribution is 0.0302. The van der Waals surface area contributed by atoms with Gasteiger partial charge in [0.1, 0.15) is 5.60 Å². The van der Waals surface area contributed by atoms with Crippen LogP contribution in [-0.2, 0) is 4.74 Å². The Bertz CT molecular complexity index is 255. The Morgan fingerprint density at radius 1 is 1.57 bits per heavy atom. The first-order valence-electron chi connectivity index (χ1n) is 4.60. The lowest BCUT2D eigenvalue weighted by atomic mass is 10.2. The first-order chi connectivity index (χ1) is 6.42. The highest BCUT2D eigenvalue weighted by Crippen LogP contribution is 2.13. The maximum absolute atomic E-state index is 11.5. The number of oxime groups is 1. The fraction of sp³-hybridized carbons (Fsp3) is 0.778. The normalized spacial score (nSPS) is 20.2. The van der Waals surface area contributed by atoms with Crippen LogP contribution in [0.1, 0.15) is 27.2 Å². The maximum atomic E-state index is 11.5. The van der Waals surface area contributed by atoms with Crippen LogP contribution in [0.15, 0.2) is 5.16 Å². The van der Waals surface area contributed by atoms with Crippen molar-refractivity contribution in [2.75, 3.05) is 13.1 Å². The van der Waals surface area contributed by atoms with E-state index < -0.39 is 5.60 Å². The molecule has 0 unspecified atom stereocenters. The van der Waals surface area contributed by atoms with Gasteiger partial charge in [-0.15, -0.1) is 0 Å². The Kier molecular flexibility index (Phi) is 2.98. The monoisotopic (exact) mass is 200 g/mol. The Labute approximate surface area is 83.3 Å². The van der Waals surface area contributed by atoms with Gasteiger partial charge in [0.15, 0.2) is 0 Å². The zero-order valence-electron chi connectivity index (χ0n) is 8.78. The first-order valence-corrected chi connectivity index (χ1v) is 4.60. The summed E-state index contributed by atoms with van der Waals surface area (Å²) in [6.45, 7) is 6.39. The zero-order chi connectivity index (χ0) is 10.8. The van der Waals surface area contributed by atoms with E-state index in [0.29, 0.717) is 25.2 Å². The number of ether oxygens (including phenoxy) is 1. The summed E-state index contributed by atoms with van der Waals surface area (Å²) in [6, 6.07) is 0. The fourth-order valence-electron chi connectivity index (χ4n) is 1.21. The molecular weight excluding hydrogens is 184 g/mol. The summed E-state index contributed by atoms with van der Waals surface area (Å²) in [6.07, 6.45) is 0.270. The molecule has 0 atom stereocenters. The molecule has 5 nitrogen and oxygen atoms in total. The number of nitrogens with zero attached hydrogens (tertiary/aromatic N) is 2. The smallest absolute Gasteiger partial charge is 0.410 e.